The largest absolute Gasteiger partial charge is 0.478 e. The standard InChI is InChI=1S/C27H27F2N3O5/c1-15-17(26(34)35)5-7-22-24(15)30-25(31(22)10-11-36-2)16-4-6-20-18(12-16)19-13-27(28,29)9-8-21(19)32(20)23(33)14-37-3/h4-7,12H,8-11,13-14H2,1-3H3,(H,34,35). The van der Waals surface area contributed by atoms with Crippen LogP contribution in [-0.4, -0.2) is 64.5 Å². The average Bonchev–Trinajstić information content (AvgIpc) is 3.37. The van der Waals surface area contributed by atoms with Crippen LogP contribution in [0.25, 0.3) is 33.3 Å². The van der Waals surface area contributed by atoms with Crippen LogP contribution in [0.3, 0.4) is 0 Å². The second kappa shape index (κ2) is 9.35. The number of aryl methyl sites for hydroxylation is 1. The summed E-state index contributed by atoms with van der Waals surface area (Å²) in [5.41, 5.74) is 4.27. The maximum absolute atomic E-state index is 14.5. The lowest BCUT2D eigenvalue weighted by Crippen LogP contribution is -2.28. The summed E-state index contributed by atoms with van der Waals surface area (Å²) < 4.78 is 42.7. The van der Waals surface area contributed by atoms with Gasteiger partial charge in [0.05, 0.1) is 28.7 Å². The van der Waals surface area contributed by atoms with Crippen molar-refractivity contribution in [3.8, 4) is 11.4 Å². The predicted molar refractivity (Wildman–Crippen MR) is 134 cm³/mol. The van der Waals surface area contributed by atoms with Gasteiger partial charge in [-0.2, -0.15) is 0 Å². The fraction of sp³-hybridized carbons (Fsp3) is 0.370. The molecule has 2 aromatic carbocycles. The molecule has 0 saturated heterocycles. The molecule has 0 bridgehead atoms. The molecule has 0 unspecified atom stereocenters. The zero-order chi connectivity index (χ0) is 26.5. The number of nitrogens with zero attached hydrogens (tertiary/aromatic N) is 3. The zero-order valence-electron chi connectivity index (χ0n) is 20.8. The number of aromatic carboxylic acids is 1. The summed E-state index contributed by atoms with van der Waals surface area (Å²) in [7, 11) is 3.01. The number of fused-ring (bicyclic) bond motifs is 4. The Kier molecular flexibility index (Phi) is 6.33. The van der Waals surface area contributed by atoms with Crippen LogP contribution in [0.15, 0.2) is 30.3 Å². The number of halogens is 2. The van der Waals surface area contributed by atoms with E-state index in [1.807, 2.05) is 4.57 Å². The van der Waals surface area contributed by atoms with Gasteiger partial charge >= 0.3 is 5.97 Å². The average molecular weight is 512 g/mol. The number of benzene rings is 2. The number of hydrogen-bond donors (Lipinski definition) is 1. The SMILES string of the molecule is COCCn1c(-c2ccc3c(c2)c2c(n3C(=O)COC)CCC(F)(F)C2)nc2c(C)c(C(=O)O)ccc21. The molecule has 1 aliphatic carbocycles. The molecule has 8 nitrogen and oxygen atoms in total. The summed E-state index contributed by atoms with van der Waals surface area (Å²) in [5, 5.41) is 10.1. The first-order valence-electron chi connectivity index (χ1n) is 12.0. The van der Waals surface area contributed by atoms with Crippen LogP contribution in [-0.2, 0) is 28.9 Å². The van der Waals surface area contributed by atoms with E-state index >= 15 is 0 Å². The van der Waals surface area contributed by atoms with E-state index in [4.69, 9.17) is 14.5 Å². The first kappa shape index (κ1) is 25.0. The Labute approximate surface area is 211 Å². The summed E-state index contributed by atoms with van der Waals surface area (Å²) >= 11 is 0. The fourth-order valence-electron chi connectivity index (χ4n) is 5.31. The van der Waals surface area contributed by atoms with E-state index in [-0.39, 0.29) is 30.9 Å². The topological polar surface area (TPSA) is 95.6 Å². The maximum Gasteiger partial charge on any atom is 0.336 e. The summed E-state index contributed by atoms with van der Waals surface area (Å²) in [4.78, 5) is 29.4. The quantitative estimate of drug-likeness (QED) is 0.386. The van der Waals surface area contributed by atoms with Gasteiger partial charge in [0.1, 0.15) is 12.4 Å². The lowest BCUT2D eigenvalue weighted by atomic mass is 9.92. The highest BCUT2D eigenvalue weighted by molar-refractivity contribution is 5.99. The third-order valence-corrected chi connectivity index (χ3v) is 7.04. The second-order valence-electron chi connectivity index (χ2n) is 9.34. The normalized spacial score (nSPS) is 14.8. The number of carboxylic acids is 1. The molecule has 1 aliphatic rings. The van der Waals surface area contributed by atoms with Crippen LogP contribution in [0.1, 0.15) is 38.4 Å². The molecule has 0 aliphatic heterocycles. The van der Waals surface area contributed by atoms with Gasteiger partial charge in [-0.15, -0.1) is 0 Å². The molecule has 10 heteroatoms. The number of rotatable bonds is 7. The number of alkyl halides is 2. The van der Waals surface area contributed by atoms with E-state index in [9.17, 15) is 23.5 Å². The van der Waals surface area contributed by atoms with Crippen LogP contribution < -0.4 is 0 Å². The summed E-state index contributed by atoms with van der Waals surface area (Å²) in [6.07, 6.45) is -0.677. The maximum atomic E-state index is 14.5. The minimum absolute atomic E-state index is 0.0886. The minimum Gasteiger partial charge on any atom is -0.478 e. The van der Waals surface area contributed by atoms with Crippen molar-refractivity contribution < 1.29 is 33.0 Å². The summed E-state index contributed by atoms with van der Waals surface area (Å²) in [6.45, 7) is 2.40. The van der Waals surface area contributed by atoms with Crippen molar-refractivity contribution in [2.75, 3.05) is 27.4 Å². The Balaban J connectivity index is 1.75. The Hall–Kier alpha value is -3.63. The predicted octanol–water partition coefficient (Wildman–Crippen LogP) is 4.72. The molecule has 5 rings (SSSR count). The molecular formula is C27H27F2N3O5. The number of carbonyl (C=O) groups is 2. The van der Waals surface area contributed by atoms with E-state index in [1.165, 1.54) is 11.7 Å². The highest BCUT2D eigenvalue weighted by atomic mass is 19.3. The number of carboxylic acid groups (broad SMARTS) is 1. The fourth-order valence-corrected chi connectivity index (χ4v) is 5.31. The van der Waals surface area contributed by atoms with Crippen LogP contribution >= 0.6 is 0 Å². The van der Waals surface area contributed by atoms with Crippen molar-refractivity contribution in [3.05, 3.63) is 52.7 Å². The first-order chi connectivity index (χ1) is 17.7. The first-order valence-corrected chi connectivity index (χ1v) is 12.0. The van der Waals surface area contributed by atoms with Gasteiger partial charge in [0, 0.05) is 50.2 Å². The van der Waals surface area contributed by atoms with Crippen LogP contribution in [0.4, 0.5) is 8.78 Å². The molecule has 0 radical (unpaired) electrons. The van der Waals surface area contributed by atoms with E-state index in [1.54, 1.807) is 44.4 Å². The van der Waals surface area contributed by atoms with Crippen molar-refractivity contribution in [2.45, 2.75) is 38.7 Å². The van der Waals surface area contributed by atoms with Crippen molar-refractivity contribution in [1.29, 1.82) is 0 Å². The number of carbonyl (C=O) groups excluding carboxylic acids is 1. The van der Waals surface area contributed by atoms with E-state index in [0.717, 1.165) is 5.52 Å². The Morgan fingerprint density at radius 3 is 2.59 bits per heavy atom. The number of hydrogen-bond acceptors (Lipinski definition) is 5. The molecule has 0 amide bonds. The lowest BCUT2D eigenvalue weighted by molar-refractivity contribution is -0.0126. The van der Waals surface area contributed by atoms with Gasteiger partial charge in [0.15, 0.2) is 0 Å². The Morgan fingerprint density at radius 2 is 1.89 bits per heavy atom. The minimum atomic E-state index is -2.86. The van der Waals surface area contributed by atoms with Crippen LogP contribution in [0.5, 0.6) is 0 Å². The van der Waals surface area contributed by atoms with Gasteiger partial charge in [-0.05, 0) is 54.8 Å². The molecular weight excluding hydrogens is 484 g/mol. The molecule has 2 heterocycles. The van der Waals surface area contributed by atoms with Gasteiger partial charge < -0.3 is 19.1 Å². The summed E-state index contributed by atoms with van der Waals surface area (Å²) in [6, 6.07) is 8.63. The van der Waals surface area contributed by atoms with Gasteiger partial charge in [-0.25, -0.2) is 18.6 Å². The van der Waals surface area contributed by atoms with Crippen molar-refractivity contribution >= 4 is 33.8 Å². The van der Waals surface area contributed by atoms with Gasteiger partial charge in [-0.3, -0.25) is 9.36 Å². The second-order valence-corrected chi connectivity index (χ2v) is 9.34. The molecule has 0 saturated carbocycles. The molecule has 0 spiro atoms. The number of imidazole rings is 1. The molecule has 4 aromatic rings. The highest BCUT2D eigenvalue weighted by Crippen LogP contribution is 2.40. The van der Waals surface area contributed by atoms with Crippen molar-refractivity contribution in [2.24, 2.45) is 0 Å². The molecule has 2 aromatic heterocycles. The lowest BCUT2D eigenvalue weighted by Gasteiger charge is -2.23. The zero-order valence-corrected chi connectivity index (χ0v) is 20.8. The molecule has 37 heavy (non-hydrogen) atoms. The van der Waals surface area contributed by atoms with E-state index in [0.29, 0.717) is 57.8 Å². The Bertz CT molecular complexity index is 1550. The third kappa shape index (κ3) is 4.19. The number of ether oxygens (including phenoxy) is 2. The smallest absolute Gasteiger partial charge is 0.336 e. The van der Waals surface area contributed by atoms with Gasteiger partial charge in [-0.1, -0.05) is 0 Å². The molecule has 194 valence electrons. The van der Waals surface area contributed by atoms with Crippen LogP contribution in [0, 0.1) is 6.92 Å². The van der Waals surface area contributed by atoms with Crippen LogP contribution in [0.2, 0.25) is 0 Å². The highest BCUT2D eigenvalue weighted by Gasteiger charge is 2.38. The third-order valence-electron chi connectivity index (χ3n) is 7.04. The van der Waals surface area contributed by atoms with E-state index < -0.39 is 18.3 Å². The molecule has 1 N–H and O–H groups in total. The Morgan fingerprint density at radius 1 is 1.14 bits per heavy atom. The number of aromatic nitrogens is 3. The monoisotopic (exact) mass is 511 g/mol. The molecule has 0 fully saturated rings. The van der Waals surface area contributed by atoms with Gasteiger partial charge in [0.2, 0.25) is 0 Å². The van der Waals surface area contributed by atoms with E-state index in [2.05, 4.69) is 0 Å². The van der Waals surface area contributed by atoms with Crippen molar-refractivity contribution in [1.82, 2.24) is 14.1 Å². The number of methoxy groups -OCH3 is 2. The summed E-state index contributed by atoms with van der Waals surface area (Å²) in [5.74, 6) is -3.64. The molecule has 0 atom stereocenters. The van der Waals surface area contributed by atoms with Crippen molar-refractivity contribution in [3.63, 3.8) is 0 Å². The van der Waals surface area contributed by atoms with Gasteiger partial charge in [0.25, 0.3) is 11.8 Å².